The van der Waals surface area contributed by atoms with E-state index in [4.69, 9.17) is 5.73 Å². The summed E-state index contributed by atoms with van der Waals surface area (Å²) in [7, 11) is 0. The number of carbonyl (C=O) groups is 1. The molecule has 0 aromatic heterocycles. The minimum atomic E-state index is -0.0474. The summed E-state index contributed by atoms with van der Waals surface area (Å²) < 4.78 is 0. The molecule has 2 unspecified atom stereocenters. The maximum absolute atomic E-state index is 12.2. The lowest BCUT2D eigenvalue weighted by Crippen LogP contribution is -2.36. The van der Waals surface area contributed by atoms with Crippen molar-refractivity contribution in [3.05, 3.63) is 71.3 Å². The lowest BCUT2D eigenvalue weighted by molar-refractivity contribution is 0.0935. The third-order valence-electron chi connectivity index (χ3n) is 3.89. The van der Waals surface area contributed by atoms with Crippen LogP contribution in [0.25, 0.3) is 0 Å². The number of nitrogens with two attached hydrogens (primary N) is 1. The average molecular weight is 319 g/mol. The van der Waals surface area contributed by atoms with Gasteiger partial charge in [0.15, 0.2) is 0 Å². The zero-order valence-corrected chi connectivity index (χ0v) is 13.8. The van der Waals surface area contributed by atoms with Crippen LogP contribution in [0.3, 0.4) is 0 Å². The molecule has 0 spiro atoms. The molecule has 0 saturated carbocycles. The molecule has 118 valence electrons. The molecule has 1 amide bonds. The molecule has 0 heterocycles. The second-order valence-electron chi connectivity index (χ2n) is 5.36. The zero-order valence-electron chi connectivity index (χ0n) is 13.0. The summed E-state index contributed by atoms with van der Waals surface area (Å²) in [6, 6.07) is 17.7. The van der Waals surface area contributed by atoms with E-state index in [1.807, 2.05) is 49.4 Å². The third-order valence-corrected chi connectivity index (χ3v) is 3.89. The molecule has 3 nitrogen and oxygen atoms in total. The highest BCUT2D eigenvalue weighted by molar-refractivity contribution is 5.94. The van der Waals surface area contributed by atoms with Gasteiger partial charge < -0.3 is 11.1 Å². The van der Waals surface area contributed by atoms with Crippen LogP contribution in [0.15, 0.2) is 54.6 Å². The van der Waals surface area contributed by atoms with Crippen molar-refractivity contribution in [1.82, 2.24) is 5.32 Å². The summed E-state index contributed by atoms with van der Waals surface area (Å²) >= 11 is 0. The second-order valence-corrected chi connectivity index (χ2v) is 5.36. The van der Waals surface area contributed by atoms with Crippen molar-refractivity contribution in [2.45, 2.75) is 32.4 Å². The summed E-state index contributed by atoms with van der Waals surface area (Å²) in [5, 5.41) is 3.06. The first-order valence-corrected chi connectivity index (χ1v) is 7.26. The van der Waals surface area contributed by atoms with E-state index in [0.717, 1.165) is 5.56 Å². The van der Waals surface area contributed by atoms with Gasteiger partial charge in [-0.05, 0) is 30.2 Å². The Morgan fingerprint density at radius 3 is 2.18 bits per heavy atom. The molecular formula is C18H23ClN2O. The van der Waals surface area contributed by atoms with Crippen molar-refractivity contribution < 1.29 is 4.79 Å². The number of hydrogen-bond acceptors (Lipinski definition) is 2. The van der Waals surface area contributed by atoms with Crippen LogP contribution in [0.2, 0.25) is 0 Å². The Kier molecular flexibility index (Phi) is 7.09. The van der Waals surface area contributed by atoms with E-state index in [9.17, 15) is 4.79 Å². The number of rotatable bonds is 5. The molecule has 0 aliphatic rings. The van der Waals surface area contributed by atoms with Crippen LogP contribution in [0, 0.1) is 0 Å². The molecule has 2 aromatic carbocycles. The monoisotopic (exact) mass is 318 g/mol. The smallest absolute Gasteiger partial charge is 0.251 e. The van der Waals surface area contributed by atoms with Crippen LogP contribution in [-0.4, -0.2) is 11.9 Å². The molecule has 2 rings (SSSR count). The lowest BCUT2D eigenvalue weighted by atomic mass is 9.94. The fourth-order valence-corrected chi connectivity index (χ4v) is 2.25. The molecule has 0 radical (unpaired) electrons. The number of hydrogen-bond donors (Lipinski definition) is 2. The molecule has 0 saturated heterocycles. The normalized spacial score (nSPS) is 12.9. The molecule has 0 bridgehead atoms. The minimum Gasteiger partial charge on any atom is -0.349 e. The van der Waals surface area contributed by atoms with E-state index in [-0.39, 0.29) is 30.3 Å². The van der Waals surface area contributed by atoms with Gasteiger partial charge in [-0.15, -0.1) is 12.4 Å². The highest BCUT2D eigenvalue weighted by Gasteiger charge is 2.17. The minimum absolute atomic E-state index is 0. The molecule has 0 fully saturated rings. The van der Waals surface area contributed by atoms with Crippen LogP contribution in [0.5, 0.6) is 0 Å². The van der Waals surface area contributed by atoms with E-state index in [2.05, 4.69) is 24.4 Å². The van der Waals surface area contributed by atoms with E-state index < -0.39 is 0 Å². The Balaban J connectivity index is 0.00000242. The number of halogens is 1. The predicted octanol–water partition coefficient (Wildman–Crippen LogP) is 3.49. The maximum Gasteiger partial charge on any atom is 0.251 e. The van der Waals surface area contributed by atoms with Crippen LogP contribution in [0.1, 0.15) is 41.3 Å². The van der Waals surface area contributed by atoms with Crippen LogP contribution in [0.4, 0.5) is 0 Å². The first kappa shape index (κ1) is 18.2. The molecule has 0 aliphatic heterocycles. The fraction of sp³-hybridized carbons (Fsp3) is 0.278. The molecule has 4 heteroatoms. The van der Waals surface area contributed by atoms with Gasteiger partial charge in [-0.2, -0.15) is 0 Å². The van der Waals surface area contributed by atoms with Gasteiger partial charge in [-0.3, -0.25) is 4.79 Å². The van der Waals surface area contributed by atoms with Gasteiger partial charge in [0.25, 0.3) is 5.91 Å². The van der Waals surface area contributed by atoms with Gasteiger partial charge in [0.2, 0.25) is 0 Å². The van der Waals surface area contributed by atoms with E-state index in [0.29, 0.717) is 12.1 Å². The quantitative estimate of drug-likeness (QED) is 0.886. The SMILES string of the molecule is CC(NC(=O)c1ccc(CN)cc1)C(C)c1ccccc1.Cl. The Morgan fingerprint density at radius 1 is 1.05 bits per heavy atom. The van der Waals surface area contributed by atoms with Gasteiger partial charge in [-0.25, -0.2) is 0 Å². The second kappa shape index (κ2) is 8.57. The summed E-state index contributed by atoms with van der Waals surface area (Å²) in [6.07, 6.45) is 0. The summed E-state index contributed by atoms with van der Waals surface area (Å²) in [5.41, 5.74) is 8.48. The highest BCUT2D eigenvalue weighted by atomic mass is 35.5. The lowest BCUT2D eigenvalue weighted by Gasteiger charge is -2.21. The van der Waals surface area contributed by atoms with Gasteiger partial charge in [-0.1, -0.05) is 49.4 Å². The van der Waals surface area contributed by atoms with Gasteiger partial charge in [0.1, 0.15) is 0 Å². The topological polar surface area (TPSA) is 55.1 Å². The van der Waals surface area contributed by atoms with Crippen LogP contribution < -0.4 is 11.1 Å². The van der Waals surface area contributed by atoms with Crippen molar-refractivity contribution in [1.29, 1.82) is 0 Å². The number of amides is 1. The Bertz CT molecular complexity index is 584. The van der Waals surface area contributed by atoms with Crippen LogP contribution >= 0.6 is 12.4 Å². The summed E-state index contributed by atoms with van der Waals surface area (Å²) in [5.74, 6) is 0.215. The number of carbonyl (C=O) groups excluding carboxylic acids is 1. The average Bonchev–Trinajstić information content (AvgIpc) is 2.55. The molecule has 0 aliphatic carbocycles. The third kappa shape index (κ3) is 4.58. The van der Waals surface area contributed by atoms with Gasteiger partial charge >= 0.3 is 0 Å². The number of nitrogens with one attached hydrogen (secondary N) is 1. The van der Waals surface area contributed by atoms with E-state index in [1.165, 1.54) is 5.56 Å². The summed E-state index contributed by atoms with van der Waals surface area (Å²) in [6.45, 7) is 4.64. The highest BCUT2D eigenvalue weighted by Crippen LogP contribution is 2.19. The first-order chi connectivity index (χ1) is 10.1. The van der Waals surface area contributed by atoms with Crippen molar-refractivity contribution in [3.63, 3.8) is 0 Å². The molecule has 3 N–H and O–H groups in total. The predicted molar refractivity (Wildman–Crippen MR) is 93.4 cm³/mol. The van der Waals surface area contributed by atoms with Crippen molar-refractivity contribution >= 4 is 18.3 Å². The first-order valence-electron chi connectivity index (χ1n) is 7.26. The molecule has 22 heavy (non-hydrogen) atoms. The Labute approximate surface area is 138 Å². The van der Waals surface area contributed by atoms with Gasteiger partial charge in [0, 0.05) is 24.1 Å². The Hall–Kier alpha value is -1.84. The molecule has 2 atom stereocenters. The maximum atomic E-state index is 12.2. The number of benzene rings is 2. The Morgan fingerprint density at radius 2 is 1.64 bits per heavy atom. The van der Waals surface area contributed by atoms with Crippen LogP contribution in [-0.2, 0) is 6.54 Å². The van der Waals surface area contributed by atoms with Crippen molar-refractivity contribution in [2.75, 3.05) is 0 Å². The standard InChI is InChI=1S/C18H22N2O.ClH/c1-13(16-6-4-3-5-7-16)14(2)20-18(21)17-10-8-15(12-19)9-11-17;/h3-11,13-14H,12,19H2,1-2H3,(H,20,21);1H. The zero-order chi connectivity index (χ0) is 15.2. The van der Waals surface area contributed by atoms with E-state index in [1.54, 1.807) is 0 Å². The molecule has 2 aromatic rings. The van der Waals surface area contributed by atoms with Gasteiger partial charge in [0.05, 0.1) is 0 Å². The van der Waals surface area contributed by atoms with E-state index >= 15 is 0 Å². The fourth-order valence-electron chi connectivity index (χ4n) is 2.25. The van der Waals surface area contributed by atoms with Crippen molar-refractivity contribution in [3.8, 4) is 0 Å². The van der Waals surface area contributed by atoms with Crippen molar-refractivity contribution in [2.24, 2.45) is 5.73 Å². The largest absolute Gasteiger partial charge is 0.349 e. The summed E-state index contributed by atoms with van der Waals surface area (Å²) in [4.78, 5) is 12.2. The molecular weight excluding hydrogens is 296 g/mol.